The number of aliphatic hydroxyl groups is 1. The molecule has 1 aromatic rings. The van der Waals surface area contributed by atoms with Gasteiger partial charge in [-0.25, -0.2) is 0 Å². The third-order valence-electron chi connectivity index (χ3n) is 3.31. The van der Waals surface area contributed by atoms with Gasteiger partial charge in [-0.1, -0.05) is 13.0 Å². The highest BCUT2D eigenvalue weighted by molar-refractivity contribution is 5.75. The van der Waals surface area contributed by atoms with Crippen molar-refractivity contribution in [2.24, 2.45) is 5.92 Å². The summed E-state index contributed by atoms with van der Waals surface area (Å²) in [5, 5.41) is 11.7. The molecule has 0 aromatic heterocycles. The van der Waals surface area contributed by atoms with E-state index < -0.39 is 0 Å². The minimum atomic E-state index is -0.0488. The first-order valence-electron chi connectivity index (χ1n) is 7.02. The van der Waals surface area contributed by atoms with Gasteiger partial charge < -0.3 is 15.2 Å². The van der Waals surface area contributed by atoms with Gasteiger partial charge in [0.2, 0.25) is 5.91 Å². The first kappa shape index (κ1) is 16.5. The molecule has 4 nitrogen and oxygen atoms in total. The summed E-state index contributed by atoms with van der Waals surface area (Å²) in [4.78, 5) is 11.6. The predicted octanol–water partition coefficient (Wildman–Crippen LogP) is 2.13. The first-order valence-corrected chi connectivity index (χ1v) is 7.02. The quantitative estimate of drug-likeness (QED) is 0.804. The molecule has 1 rings (SSSR count). The lowest BCUT2D eigenvalue weighted by Gasteiger charge is -2.13. The normalized spacial score (nSPS) is 12.1. The number of rotatable bonds is 7. The molecule has 0 saturated carbocycles. The number of nitrogens with one attached hydrogen (secondary N) is 1. The highest BCUT2D eigenvalue weighted by atomic mass is 16.5. The largest absolute Gasteiger partial charge is 0.493 e. The average molecular weight is 279 g/mol. The second-order valence-corrected chi connectivity index (χ2v) is 5.40. The zero-order chi connectivity index (χ0) is 15.1. The molecule has 0 fully saturated rings. The molecule has 20 heavy (non-hydrogen) atoms. The van der Waals surface area contributed by atoms with Gasteiger partial charge in [0.05, 0.1) is 13.0 Å². The molecule has 112 valence electrons. The summed E-state index contributed by atoms with van der Waals surface area (Å²) in [6.45, 7) is 8.93. The fourth-order valence-electron chi connectivity index (χ4n) is 1.85. The Morgan fingerprint density at radius 1 is 1.35 bits per heavy atom. The SMILES string of the molecule is Cc1cc(C)c(C)c(OCCC(=O)NCC(C)CO)c1. The molecule has 0 spiro atoms. The van der Waals surface area contributed by atoms with Crippen molar-refractivity contribution in [1.82, 2.24) is 5.32 Å². The summed E-state index contributed by atoms with van der Waals surface area (Å²) < 4.78 is 5.69. The number of aryl methyl sites for hydroxylation is 2. The van der Waals surface area contributed by atoms with E-state index >= 15 is 0 Å². The van der Waals surface area contributed by atoms with Crippen molar-refractivity contribution < 1.29 is 14.6 Å². The van der Waals surface area contributed by atoms with Crippen molar-refractivity contribution in [2.75, 3.05) is 19.8 Å². The Morgan fingerprint density at radius 3 is 2.70 bits per heavy atom. The van der Waals surface area contributed by atoms with E-state index in [0.717, 1.165) is 16.9 Å². The Hall–Kier alpha value is -1.55. The van der Waals surface area contributed by atoms with Gasteiger partial charge in [0.25, 0.3) is 0 Å². The van der Waals surface area contributed by atoms with E-state index in [0.29, 0.717) is 19.6 Å². The molecule has 0 bridgehead atoms. The minimum absolute atomic E-state index is 0.0488. The van der Waals surface area contributed by atoms with Gasteiger partial charge in [-0.2, -0.15) is 0 Å². The van der Waals surface area contributed by atoms with Gasteiger partial charge in [0.1, 0.15) is 5.75 Å². The van der Waals surface area contributed by atoms with Crippen LogP contribution in [0, 0.1) is 26.7 Å². The van der Waals surface area contributed by atoms with Gasteiger partial charge in [0.15, 0.2) is 0 Å². The molecule has 1 amide bonds. The molecule has 1 unspecified atom stereocenters. The van der Waals surface area contributed by atoms with E-state index in [2.05, 4.69) is 18.3 Å². The van der Waals surface area contributed by atoms with E-state index in [1.165, 1.54) is 5.56 Å². The number of carbonyl (C=O) groups excluding carboxylic acids is 1. The number of hydrogen-bond acceptors (Lipinski definition) is 3. The molecular formula is C16H25NO3. The predicted molar refractivity (Wildman–Crippen MR) is 80.0 cm³/mol. The van der Waals surface area contributed by atoms with E-state index in [4.69, 9.17) is 9.84 Å². The monoisotopic (exact) mass is 279 g/mol. The molecule has 0 aliphatic heterocycles. The molecule has 0 heterocycles. The third kappa shape index (κ3) is 5.21. The fourth-order valence-corrected chi connectivity index (χ4v) is 1.85. The van der Waals surface area contributed by atoms with E-state index in [9.17, 15) is 4.79 Å². The Balaban J connectivity index is 2.39. The van der Waals surface area contributed by atoms with Crippen LogP contribution in [0.5, 0.6) is 5.75 Å². The number of ether oxygens (including phenoxy) is 1. The Morgan fingerprint density at radius 2 is 2.05 bits per heavy atom. The Kier molecular flexibility index (Phi) is 6.52. The van der Waals surface area contributed by atoms with Gasteiger partial charge in [0, 0.05) is 13.2 Å². The van der Waals surface area contributed by atoms with Crippen LogP contribution in [0.1, 0.15) is 30.0 Å². The zero-order valence-electron chi connectivity index (χ0n) is 12.8. The van der Waals surface area contributed by atoms with E-state index in [1.54, 1.807) is 0 Å². The highest BCUT2D eigenvalue weighted by Crippen LogP contribution is 2.23. The van der Waals surface area contributed by atoms with Crippen molar-refractivity contribution in [3.05, 3.63) is 28.8 Å². The summed E-state index contributed by atoms with van der Waals surface area (Å²) >= 11 is 0. The number of hydrogen-bond donors (Lipinski definition) is 2. The topological polar surface area (TPSA) is 58.6 Å². The number of carbonyl (C=O) groups is 1. The molecule has 0 saturated heterocycles. The van der Waals surface area contributed by atoms with Crippen molar-refractivity contribution >= 4 is 5.91 Å². The number of amides is 1. The highest BCUT2D eigenvalue weighted by Gasteiger charge is 2.07. The van der Waals surface area contributed by atoms with Gasteiger partial charge in [-0.05, 0) is 49.4 Å². The molecule has 0 aliphatic rings. The lowest BCUT2D eigenvalue weighted by molar-refractivity contribution is -0.121. The summed E-state index contributed by atoms with van der Waals surface area (Å²) in [6, 6.07) is 4.11. The summed E-state index contributed by atoms with van der Waals surface area (Å²) in [5.74, 6) is 0.882. The van der Waals surface area contributed by atoms with Gasteiger partial charge >= 0.3 is 0 Å². The van der Waals surface area contributed by atoms with Crippen LogP contribution in [0.4, 0.5) is 0 Å². The van der Waals surface area contributed by atoms with Crippen LogP contribution in [0.2, 0.25) is 0 Å². The van der Waals surface area contributed by atoms with Crippen LogP contribution in [0.15, 0.2) is 12.1 Å². The second kappa shape index (κ2) is 7.90. The molecule has 2 N–H and O–H groups in total. The van der Waals surface area contributed by atoms with Crippen LogP contribution in [0.3, 0.4) is 0 Å². The molecule has 0 aliphatic carbocycles. The average Bonchev–Trinajstić information content (AvgIpc) is 2.41. The van der Waals surface area contributed by atoms with Crippen LogP contribution < -0.4 is 10.1 Å². The second-order valence-electron chi connectivity index (χ2n) is 5.40. The lowest BCUT2D eigenvalue weighted by atomic mass is 10.1. The smallest absolute Gasteiger partial charge is 0.223 e. The van der Waals surface area contributed by atoms with Crippen molar-refractivity contribution in [1.29, 1.82) is 0 Å². The maximum absolute atomic E-state index is 11.6. The van der Waals surface area contributed by atoms with Crippen LogP contribution in [0.25, 0.3) is 0 Å². The fraction of sp³-hybridized carbons (Fsp3) is 0.562. The molecule has 0 radical (unpaired) electrons. The molecule has 1 atom stereocenters. The zero-order valence-corrected chi connectivity index (χ0v) is 12.8. The third-order valence-corrected chi connectivity index (χ3v) is 3.31. The standard InChI is InChI=1S/C16H25NO3/c1-11-7-13(3)14(4)15(8-11)20-6-5-16(19)17-9-12(2)10-18/h7-8,12,18H,5-6,9-10H2,1-4H3,(H,17,19). The molecule has 4 heteroatoms. The minimum Gasteiger partial charge on any atom is -0.493 e. The van der Waals surface area contributed by atoms with Crippen LogP contribution in [-0.4, -0.2) is 30.8 Å². The summed E-state index contributed by atoms with van der Waals surface area (Å²) in [5.41, 5.74) is 3.47. The molecular weight excluding hydrogens is 254 g/mol. The Bertz CT molecular complexity index is 457. The molecule has 1 aromatic carbocycles. The van der Waals surface area contributed by atoms with Crippen LogP contribution >= 0.6 is 0 Å². The van der Waals surface area contributed by atoms with Crippen molar-refractivity contribution in [2.45, 2.75) is 34.1 Å². The Labute approximate surface area is 121 Å². The summed E-state index contributed by atoms with van der Waals surface area (Å²) in [7, 11) is 0. The lowest BCUT2D eigenvalue weighted by Crippen LogP contribution is -2.30. The van der Waals surface area contributed by atoms with Crippen molar-refractivity contribution in [3.63, 3.8) is 0 Å². The van der Waals surface area contributed by atoms with Gasteiger partial charge in [-0.3, -0.25) is 4.79 Å². The van der Waals surface area contributed by atoms with Gasteiger partial charge in [-0.15, -0.1) is 0 Å². The number of aliphatic hydroxyl groups excluding tert-OH is 1. The van der Waals surface area contributed by atoms with Crippen LogP contribution in [-0.2, 0) is 4.79 Å². The summed E-state index contributed by atoms with van der Waals surface area (Å²) in [6.07, 6.45) is 0.324. The van der Waals surface area contributed by atoms with Crippen molar-refractivity contribution in [3.8, 4) is 5.75 Å². The maximum Gasteiger partial charge on any atom is 0.223 e. The maximum atomic E-state index is 11.6. The first-order chi connectivity index (χ1) is 9.43. The van der Waals surface area contributed by atoms with E-state index in [-0.39, 0.29) is 18.4 Å². The van der Waals surface area contributed by atoms with E-state index in [1.807, 2.05) is 26.8 Å². The number of benzene rings is 1.